The highest BCUT2D eigenvalue weighted by Crippen LogP contribution is 2.26. The van der Waals surface area contributed by atoms with Crippen molar-refractivity contribution < 1.29 is 19.4 Å². The molecule has 8 nitrogen and oxygen atoms in total. The van der Waals surface area contributed by atoms with E-state index in [1.807, 2.05) is 65.9 Å². The number of imidazole rings is 1. The summed E-state index contributed by atoms with van der Waals surface area (Å²) in [6.45, 7) is 5.61. The van der Waals surface area contributed by atoms with Crippen LogP contribution in [0.2, 0.25) is 5.02 Å². The van der Waals surface area contributed by atoms with Crippen LogP contribution in [0, 0.1) is 6.92 Å². The van der Waals surface area contributed by atoms with Gasteiger partial charge in [0.15, 0.2) is 0 Å². The number of aryl methyl sites for hydroxylation is 2. The van der Waals surface area contributed by atoms with Crippen molar-refractivity contribution in [2.45, 2.75) is 20.1 Å². The minimum Gasteiger partial charge on any atom is -0.487 e. The Hall–Kier alpha value is -3.88. The lowest BCUT2D eigenvalue weighted by atomic mass is 10.1. The number of carboxylic acids is 1. The first-order valence-corrected chi connectivity index (χ1v) is 12.8. The number of aromatic nitrogens is 2. The third-order valence-electron chi connectivity index (χ3n) is 6.90. The zero-order chi connectivity index (χ0) is 26.8. The summed E-state index contributed by atoms with van der Waals surface area (Å²) in [6.07, 6.45) is 0. The van der Waals surface area contributed by atoms with Gasteiger partial charge in [0.2, 0.25) is 0 Å². The Balaban J connectivity index is 1.18. The van der Waals surface area contributed by atoms with Crippen LogP contribution in [0.3, 0.4) is 0 Å². The maximum atomic E-state index is 13.2. The molecule has 0 bridgehead atoms. The number of fused-ring (bicyclic) bond motifs is 1. The number of carbonyl (C=O) groups is 2. The molecule has 0 aliphatic carbocycles. The number of halogens is 1. The fourth-order valence-electron chi connectivity index (χ4n) is 4.68. The highest BCUT2D eigenvalue weighted by molar-refractivity contribution is 6.32. The average Bonchev–Trinajstić information content (AvgIpc) is 3.22. The van der Waals surface area contributed by atoms with E-state index in [1.54, 1.807) is 18.2 Å². The summed E-state index contributed by atoms with van der Waals surface area (Å²) in [5, 5.41) is 9.85. The van der Waals surface area contributed by atoms with Gasteiger partial charge in [-0.2, -0.15) is 0 Å². The number of hydrogen-bond donors (Lipinski definition) is 1. The van der Waals surface area contributed by atoms with Crippen LogP contribution in [-0.4, -0.2) is 62.5 Å². The van der Waals surface area contributed by atoms with E-state index >= 15 is 0 Å². The smallest absolute Gasteiger partial charge is 0.335 e. The summed E-state index contributed by atoms with van der Waals surface area (Å²) >= 11 is 6.27. The lowest BCUT2D eigenvalue weighted by molar-refractivity contribution is 0.0623. The molecule has 1 amide bonds. The number of nitrogens with zero attached hydrogens (tertiary/aromatic N) is 4. The molecule has 1 aliphatic heterocycles. The van der Waals surface area contributed by atoms with E-state index in [1.165, 1.54) is 0 Å². The van der Waals surface area contributed by atoms with Gasteiger partial charge in [-0.05, 0) is 60.5 Å². The maximum Gasteiger partial charge on any atom is 0.335 e. The Morgan fingerprint density at radius 1 is 1.00 bits per heavy atom. The van der Waals surface area contributed by atoms with Crippen LogP contribution < -0.4 is 4.74 Å². The molecule has 38 heavy (non-hydrogen) atoms. The molecule has 1 fully saturated rings. The maximum absolute atomic E-state index is 13.2. The van der Waals surface area contributed by atoms with E-state index in [4.69, 9.17) is 21.3 Å². The van der Waals surface area contributed by atoms with Crippen LogP contribution in [0.1, 0.15) is 37.7 Å². The number of amides is 1. The number of benzene rings is 3. The van der Waals surface area contributed by atoms with E-state index in [0.29, 0.717) is 42.6 Å². The van der Waals surface area contributed by atoms with E-state index < -0.39 is 5.97 Å². The Morgan fingerprint density at radius 3 is 2.53 bits per heavy atom. The molecule has 0 spiro atoms. The molecule has 1 saturated heterocycles. The van der Waals surface area contributed by atoms with Crippen molar-refractivity contribution in [3.05, 3.63) is 93.8 Å². The molecule has 0 saturated carbocycles. The van der Waals surface area contributed by atoms with E-state index in [2.05, 4.69) is 4.90 Å². The first kappa shape index (κ1) is 25.8. The molecule has 1 aromatic heterocycles. The number of carbonyl (C=O) groups excluding carboxylic acids is 1. The molecule has 9 heteroatoms. The van der Waals surface area contributed by atoms with Gasteiger partial charge in [-0.1, -0.05) is 29.8 Å². The Bertz CT molecular complexity index is 1510. The van der Waals surface area contributed by atoms with Crippen molar-refractivity contribution in [1.29, 1.82) is 0 Å². The second-order valence-electron chi connectivity index (χ2n) is 9.59. The van der Waals surface area contributed by atoms with Gasteiger partial charge in [-0.15, -0.1) is 0 Å². The molecule has 1 N–H and O–H groups in total. The van der Waals surface area contributed by atoms with Gasteiger partial charge < -0.3 is 19.3 Å². The summed E-state index contributed by atoms with van der Waals surface area (Å²) in [6, 6.07) is 18.2. The largest absolute Gasteiger partial charge is 0.487 e. The normalized spacial score (nSPS) is 14.1. The lowest BCUT2D eigenvalue weighted by Crippen LogP contribution is -2.48. The summed E-state index contributed by atoms with van der Waals surface area (Å²) in [7, 11) is 1.90. The van der Waals surface area contributed by atoms with Gasteiger partial charge in [0.1, 0.15) is 18.2 Å². The topological polar surface area (TPSA) is 87.9 Å². The van der Waals surface area contributed by atoms with Crippen molar-refractivity contribution in [3.63, 3.8) is 0 Å². The highest BCUT2D eigenvalue weighted by atomic mass is 35.5. The zero-order valence-electron chi connectivity index (χ0n) is 21.4. The van der Waals surface area contributed by atoms with E-state index in [-0.39, 0.29) is 11.5 Å². The first-order valence-electron chi connectivity index (χ1n) is 12.5. The lowest BCUT2D eigenvalue weighted by Gasteiger charge is -2.34. The van der Waals surface area contributed by atoms with Crippen LogP contribution in [0.25, 0.3) is 11.0 Å². The molecule has 4 aromatic rings. The second kappa shape index (κ2) is 10.8. The van der Waals surface area contributed by atoms with Crippen LogP contribution in [-0.2, 0) is 20.2 Å². The number of rotatable bonds is 7. The van der Waals surface area contributed by atoms with Gasteiger partial charge in [0.05, 0.1) is 28.2 Å². The first-order chi connectivity index (χ1) is 18.3. The van der Waals surface area contributed by atoms with Gasteiger partial charge in [0, 0.05) is 38.8 Å². The molecule has 0 unspecified atom stereocenters. The van der Waals surface area contributed by atoms with Crippen LogP contribution in [0.5, 0.6) is 5.75 Å². The minimum atomic E-state index is -0.954. The van der Waals surface area contributed by atoms with Crippen molar-refractivity contribution in [1.82, 2.24) is 19.4 Å². The van der Waals surface area contributed by atoms with Crippen LogP contribution >= 0.6 is 11.6 Å². The zero-order valence-corrected chi connectivity index (χ0v) is 22.1. The summed E-state index contributed by atoms with van der Waals surface area (Å²) < 4.78 is 7.82. The molecular weight excluding hydrogens is 504 g/mol. The van der Waals surface area contributed by atoms with Gasteiger partial charge >= 0.3 is 5.97 Å². The summed E-state index contributed by atoms with van der Waals surface area (Å²) in [4.78, 5) is 33.4. The third kappa shape index (κ3) is 5.51. The number of hydrogen-bond acceptors (Lipinski definition) is 5. The third-order valence-corrected chi connectivity index (χ3v) is 7.20. The van der Waals surface area contributed by atoms with Gasteiger partial charge in [-0.25, -0.2) is 9.78 Å². The quantitative estimate of drug-likeness (QED) is 0.369. The Kier molecular flexibility index (Phi) is 7.35. The molecule has 2 heterocycles. The standard InChI is InChI=1S/C29H29ClN4O4/c1-19-6-9-26(23(30)14-19)38-18-20-4-3-5-21(15-20)28(35)34-12-10-33(11-13-34)17-27-31-24-8-7-22(29(36)37)16-25(24)32(27)2/h3-9,14-16H,10-13,17-18H2,1-2H3,(H,36,37). The molecule has 3 aromatic carbocycles. The molecule has 0 radical (unpaired) electrons. The highest BCUT2D eigenvalue weighted by Gasteiger charge is 2.24. The SMILES string of the molecule is Cc1ccc(OCc2cccc(C(=O)N3CCN(Cc4nc5ccc(C(=O)O)cc5n4C)CC3)c2)c(Cl)c1. The van der Waals surface area contributed by atoms with E-state index in [0.717, 1.165) is 41.1 Å². The molecular formula is C29H29ClN4O4. The fraction of sp³-hybridized carbons (Fsp3) is 0.276. The summed E-state index contributed by atoms with van der Waals surface area (Å²) in [5.41, 5.74) is 4.42. The van der Waals surface area contributed by atoms with Gasteiger partial charge in [0.25, 0.3) is 5.91 Å². The average molecular weight is 533 g/mol. The predicted octanol–water partition coefficient (Wildman–Crippen LogP) is 4.77. The van der Waals surface area contributed by atoms with E-state index in [9.17, 15) is 14.7 Å². The number of piperazine rings is 1. The number of ether oxygens (including phenoxy) is 1. The second-order valence-corrected chi connectivity index (χ2v) is 9.99. The Labute approximate surface area is 226 Å². The molecule has 0 atom stereocenters. The monoisotopic (exact) mass is 532 g/mol. The molecule has 1 aliphatic rings. The summed E-state index contributed by atoms with van der Waals surface area (Å²) in [5.74, 6) is 0.532. The van der Waals surface area contributed by atoms with Crippen LogP contribution in [0.15, 0.2) is 60.7 Å². The molecule has 196 valence electrons. The fourth-order valence-corrected chi connectivity index (χ4v) is 4.97. The van der Waals surface area contributed by atoms with Crippen molar-refractivity contribution in [3.8, 4) is 5.75 Å². The van der Waals surface area contributed by atoms with Crippen molar-refractivity contribution in [2.24, 2.45) is 7.05 Å². The molecule has 5 rings (SSSR count). The van der Waals surface area contributed by atoms with Crippen molar-refractivity contribution in [2.75, 3.05) is 26.2 Å². The number of aromatic carboxylic acids is 1. The minimum absolute atomic E-state index is 0.00352. The Morgan fingerprint density at radius 2 is 1.79 bits per heavy atom. The van der Waals surface area contributed by atoms with Gasteiger partial charge in [-0.3, -0.25) is 9.69 Å². The van der Waals surface area contributed by atoms with Crippen molar-refractivity contribution >= 4 is 34.5 Å². The number of carboxylic acid groups (broad SMARTS) is 1. The predicted molar refractivity (Wildman–Crippen MR) is 146 cm³/mol. The van der Waals surface area contributed by atoms with Crippen LogP contribution in [0.4, 0.5) is 0 Å².